The van der Waals surface area contributed by atoms with Gasteiger partial charge in [-0.2, -0.15) is 18.3 Å². The molecule has 3 nitrogen and oxygen atoms in total. The fourth-order valence-corrected chi connectivity index (χ4v) is 1.93. The first-order chi connectivity index (χ1) is 8.47. The van der Waals surface area contributed by atoms with Crippen LogP contribution >= 0.6 is 15.9 Å². The van der Waals surface area contributed by atoms with Crippen LogP contribution in [0.1, 0.15) is 11.1 Å². The van der Waals surface area contributed by atoms with Gasteiger partial charge in [-0.15, -0.1) is 0 Å². The van der Waals surface area contributed by atoms with E-state index >= 15 is 0 Å². The quantitative estimate of drug-likeness (QED) is 0.903. The van der Waals surface area contributed by atoms with E-state index in [1.165, 1.54) is 6.07 Å². The first-order valence-corrected chi connectivity index (χ1v) is 5.84. The van der Waals surface area contributed by atoms with Crippen molar-refractivity contribution >= 4 is 21.6 Å². The van der Waals surface area contributed by atoms with Gasteiger partial charge >= 0.3 is 6.18 Å². The Morgan fingerprint density at radius 3 is 2.67 bits per heavy atom. The third-order valence-corrected chi connectivity index (χ3v) is 2.99. The minimum absolute atomic E-state index is 0.376. The lowest BCUT2D eigenvalue weighted by Crippen LogP contribution is -2.06. The molecule has 1 aromatic heterocycles. The van der Waals surface area contributed by atoms with Crippen molar-refractivity contribution in [2.24, 2.45) is 0 Å². The van der Waals surface area contributed by atoms with Crippen molar-refractivity contribution in [3.05, 3.63) is 46.2 Å². The van der Waals surface area contributed by atoms with E-state index in [9.17, 15) is 13.2 Å². The molecule has 2 rings (SSSR count). The zero-order valence-corrected chi connectivity index (χ0v) is 10.6. The molecule has 96 valence electrons. The Kier molecular flexibility index (Phi) is 3.60. The highest BCUT2D eigenvalue weighted by Crippen LogP contribution is 2.33. The van der Waals surface area contributed by atoms with Gasteiger partial charge in [0.15, 0.2) is 0 Å². The van der Waals surface area contributed by atoms with Crippen LogP contribution in [0.5, 0.6) is 0 Å². The standard InChI is InChI=1S/C11H9BrF3N3/c12-9-3-8(11(13,14)15)1-2-10(9)16-4-7-5-17-18-6-7/h1-3,5-6,16H,4H2,(H,17,18). The Labute approximate surface area is 110 Å². The minimum atomic E-state index is -4.33. The summed E-state index contributed by atoms with van der Waals surface area (Å²) in [5.41, 5.74) is 0.842. The predicted molar refractivity (Wildman–Crippen MR) is 65.1 cm³/mol. The van der Waals surface area contributed by atoms with E-state index in [4.69, 9.17) is 0 Å². The van der Waals surface area contributed by atoms with Crippen molar-refractivity contribution < 1.29 is 13.2 Å². The molecular weight excluding hydrogens is 311 g/mol. The molecule has 0 bridgehead atoms. The van der Waals surface area contributed by atoms with Crippen molar-refractivity contribution in [1.29, 1.82) is 0 Å². The van der Waals surface area contributed by atoms with E-state index in [-0.39, 0.29) is 0 Å². The zero-order chi connectivity index (χ0) is 13.2. The van der Waals surface area contributed by atoms with Crippen LogP contribution in [0, 0.1) is 0 Å². The van der Waals surface area contributed by atoms with Gasteiger partial charge in [-0.3, -0.25) is 5.10 Å². The normalized spacial score (nSPS) is 11.6. The molecule has 0 unspecified atom stereocenters. The van der Waals surface area contributed by atoms with Crippen LogP contribution in [-0.4, -0.2) is 10.2 Å². The van der Waals surface area contributed by atoms with Crippen molar-refractivity contribution in [1.82, 2.24) is 10.2 Å². The number of nitrogens with zero attached hydrogens (tertiary/aromatic N) is 1. The Morgan fingerprint density at radius 1 is 1.33 bits per heavy atom. The largest absolute Gasteiger partial charge is 0.416 e. The fourth-order valence-electron chi connectivity index (χ4n) is 1.41. The molecule has 0 saturated heterocycles. The fraction of sp³-hybridized carbons (Fsp3) is 0.182. The van der Waals surface area contributed by atoms with Gasteiger partial charge in [0, 0.05) is 28.5 Å². The van der Waals surface area contributed by atoms with Crippen molar-refractivity contribution in [2.45, 2.75) is 12.7 Å². The van der Waals surface area contributed by atoms with Gasteiger partial charge in [0.2, 0.25) is 0 Å². The van der Waals surface area contributed by atoms with Gasteiger partial charge in [0.05, 0.1) is 11.8 Å². The summed E-state index contributed by atoms with van der Waals surface area (Å²) in [6.45, 7) is 0.487. The molecule has 0 fully saturated rings. The van der Waals surface area contributed by atoms with Crippen LogP contribution in [0.2, 0.25) is 0 Å². The number of alkyl halides is 3. The molecule has 0 saturated carbocycles. The molecule has 0 atom stereocenters. The minimum Gasteiger partial charge on any atom is -0.380 e. The third-order valence-electron chi connectivity index (χ3n) is 2.33. The molecule has 0 aliphatic carbocycles. The lowest BCUT2D eigenvalue weighted by atomic mass is 10.2. The van der Waals surface area contributed by atoms with E-state index in [2.05, 4.69) is 31.4 Å². The zero-order valence-electron chi connectivity index (χ0n) is 9.05. The number of hydrogen-bond donors (Lipinski definition) is 2. The number of H-pyrrole nitrogens is 1. The monoisotopic (exact) mass is 319 g/mol. The second kappa shape index (κ2) is 5.01. The molecule has 0 radical (unpaired) electrons. The molecule has 1 heterocycles. The SMILES string of the molecule is FC(F)(F)c1ccc(NCc2cn[nH]c2)c(Br)c1. The molecule has 0 spiro atoms. The third kappa shape index (κ3) is 3.04. The van der Waals surface area contributed by atoms with Crippen LogP contribution in [0.25, 0.3) is 0 Å². The molecule has 2 N–H and O–H groups in total. The van der Waals surface area contributed by atoms with Gasteiger partial charge in [-0.25, -0.2) is 0 Å². The molecular formula is C11H9BrF3N3. The second-order valence-electron chi connectivity index (χ2n) is 3.65. The lowest BCUT2D eigenvalue weighted by Gasteiger charge is -2.11. The van der Waals surface area contributed by atoms with E-state index in [0.717, 1.165) is 17.7 Å². The summed E-state index contributed by atoms with van der Waals surface area (Å²) in [6, 6.07) is 3.49. The van der Waals surface area contributed by atoms with Crippen LogP contribution < -0.4 is 5.32 Å². The van der Waals surface area contributed by atoms with Gasteiger partial charge in [0.25, 0.3) is 0 Å². The van der Waals surface area contributed by atoms with Crippen LogP contribution in [-0.2, 0) is 12.7 Å². The van der Waals surface area contributed by atoms with Crippen molar-refractivity contribution in [3.8, 4) is 0 Å². The van der Waals surface area contributed by atoms with E-state index in [1.807, 2.05) is 0 Å². The molecule has 1 aromatic carbocycles. The highest BCUT2D eigenvalue weighted by atomic mass is 79.9. The number of rotatable bonds is 3. The summed E-state index contributed by atoms with van der Waals surface area (Å²) in [5.74, 6) is 0. The summed E-state index contributed by atoms with van der Waals surface area (Å²) in [5, 5.41) is 9.46. The average Bonchev–Trinajstić information content (AvgIpc) is 2.79. The van der Waals surface area contributed by atoms with Crippen LogP contribution in [0.3, 0.4) is 0 Å². The number of benzene rings is 1. The van der Waals surface area contributed by atoms with Gasteiger partial charge < -0.3 is 5.32 Å². The first-order valence-electron chi connectivity index (χ1n) is 5.05. The summed E-state index contributed by atoms with van der Waals surface area (Å²) >= 11 is 3.12. The van der Waals surface area contributed by atoms with E-state index in [0.29, 0.717) is 16.7 Å². The molecule has 0 aliphatic heterocycles. The van der Waals surface area contributed by atoms with Crippen LogP contribution in [0.15, 0.2) is 35.1 Å². The molecule has 2 aromatic rings. The van der Waals surface area contributed by atoms with Crippen molar-refractivity contribution in [3.63, 3.8) is 0 Å². The Hall–Kier alpha value is -1.50. The first kappa shape index (κ1) is 12.9. The molecule has 0 amide bonds. The van der Waals surface area contributed by atoms with E-state index < -0.39 is 11.7 Å². The summed E-state index contributed by atoms with van der Waals surface area (Å²) in [4.78, 5) is 0. The maximum atomic E-state index is 12.5. The summed E-state index contributed by atoms with van der Waals surface area (Å²) in [7, 11) is 0. The topological polar surface area (TPSA) is 40.7 Å². The molecule has 0 aliphatic rings. The number of nitrogens with one attached hydrogen (secondary N) is 2. The van der Waals surface area contributed by atoms with E-state index in [1.54, 1.807) is 12.4 Å². The number of hydrogen-bond acceptors (Lipinski definition) is 2. The smallest absolute Gasteiger partial charge is 0.380 e. The Balaban J connectivity index is 2.10. The molecule has 18 heavy (non-hydrogen) atoms. The maximum absolute atomic E-state index is 12.5. The highest BCUT2D eigenvalue weighted by Gasteiger charge is 2.30. The van der Waals surface area contributed by atoms with Crippen LogP contribution in [0.4, 0.5) is 18.9 Å². The maximum Gasteiger partial charge on any atom is 0.416 e. The highest BCUT2D eigenvalue weighted by molar-refractivity contribution is 9.10. The summed E-state index contributed by atoms with van der Waals surface area (Å²) in [6.07, 6.45) is -0.971. The van der Waals surface area contributed by atoms with Gasteiger partial charge in [-0.05, 0) is 34.1 Å². The van der Waals surface area contributed by atoms with Crippen molar-refractivity contribution in [2.75, 3.05) is 5.32 Å². The van der Waals surface area contributed by atoms with Gasteiger partial charge in [0.1, 0.15) is 0 Å². The second-order valence-corrected chi connectivity index (χ2v) is 4.51. The van der Waals surface area contributed by atoms with Gasteiger partial charge in [-0.1, -0.05) is 0 Å². The predicted octanol–water partition coefficient (Wildman–Crippen LogP) is 3.80. The summed E-state index contributed by atoms with van der Waals surface area (Å²) < 4.78 is 37.7. The number of aromatic amines is 1. The average molecular weight is 320 g/mol. The number of halogens is 4. The lowest BCUT2D eigenvalue weighted by molar-refractivity contribution is -0.137. The number of anilines is 1. The Morgan fingerprint density at radius 2 is 2.11 bits per heavy atom. The Bertz CT molecular complexity index is 523. The molecule has 7 heteroatoms. The number of aromatic nitrogens is 2.